The van der Waals surface area contributed by atoms with Gasteiger partial charge in [0, 0.05) is 19.3 Å². The number of rotatable bonds is 1. The molecule has 5 heteroatoms. The fraction of sp³-hybridized carbons (Fsp3) is 0.692. The van der Waals surface area contributed by atoms with Crippen LogP contribution in [0.5, 0.6) is 0 Å². The number of carbonyl (C=O) groups is 2. The average Bonchev–Trinajstić information content (AvgIpc) is 2.78. The molecule has 0 aromatic rings. The van der Waals surface area contributed by atoms with Crippen molar-refractivity contribution in [3.05, 3.63) is 11.6 Å². The van der Waals surface area contributed by atoms with Gasteiger partial charge in [0.15, 0.2) is 11.6 Å². The molecule has 1 N–H and O–H groups in total. The van der Waals surface area contributed by atoms with Gasteiger partial charge in [-0.1, -0.05) is 0 Å². The second-order valence-electron chi connectivity index (χ2n) is 5.31. The van der Waals surface area contributed by atoms with E-state index in [2.05, 4.69) is 0 Å². The van der Waals surface area contributed by atoms with Crippen LogP contribution in [0.4, 0.5) is 0 Å². The molecule has 1 spiro atoms. The smallest absolute Gasteiger partial charge is 0.314 e. The number of allylic oxidation sites excluding steroid dienone is 1. The van der Waals surface area contributed by atoms with E-state index in [1.807, 2.05) is 0 Å². The summed E-state index contributed by atoms with van der Waals surface area (Å²) in [5, 5.41) is 9.59. The largest absolute Gasteiger partial charge is 0.481 e. The van der Waals surface area contributed by atoms with Crippen LogP contribution in [0.15, 0.2) is 11.6 Å². The van der Waals surface area contributed by atoms with Crippen molar-refractivity contribution in [2.75, 3.05) is 13.2 Å². The van der Waals surface area contributed by atoms with Gasteiger partial charge in [0.1, 0.15) is 0 Å². The Kier molecular flexibility index (Phi) is 2.57. The van der Waals surface area contributed by atoms with Crippen LogP contribution >= 0.6 is 0 Å². The number of carbonyl (C=O) groups excluding carboxylic acids is 1. The van der Waals surface area contributed by atoms with Gasteiger partial charge in [-0.2, -0.15) is 0 Å². The van der Waals surface area contributed by atoms with Crippen LogP contribution in [0.3, 0.4) is 0 Å². The summed E-state index contributed by atoms with van der Waals surface area (Å²) in [5.74, 6) is -1.57. The Bertz CT molecular complexity index is 433. The fourth-order valence-corrected chi connectivity index (χ4v) is 3.35. The van der Waals surface area contributed by atoms with Crippen molar-refractivity contribution in [3.8, 4) is 0 Å². The van der Waals surface area contributed by atoms with Gasteiger partial charge in [0.2, 0.25) is 0 Å². The first kappa shape index (κ1) is 11.9. The van der Waals surface area contributed by atoms with E-state index in [-0.39, 0.29) is 5.78 Å². The standard InChI is InChI=1S/C13H16O5/c14-10-2-3-12(11(15)16)8-13(17-5-6-18-13)4-1-9(12)7-10/h7H,1-6,8H2,(H,15,16)/t12-/m0/s1. The van der Waals surface area contributed by atoms with Gasteiger partial charge in [-0.15, -0.1) is 0 Å². The first-order valence-electron chi connectivity index (χ1n) is 6.32. The van der Waals surface area contributed by atoms with E-state index in [0.29, 0.717) is 45.3 Å². The molecule has 0 amide bonds. The summed E-state index contributed by atoms with van der Waals surface area (Å²) in [5.41, 5.74) is -0.216. The minimum Gasteiger partial charge on any atom is -0.481 e. The number of ketones is 1. The average molecular weight is 252 g/mol. The number of carboxylic acids is 1. The van der Waals surface area contributed by atoms with Gasteiger partial charge < -0.3 is 14.6 Å². The van der Waals surface area contributed by atoms with Crippen LogP contribution in [0, 0.1) is 5.41 Å². The molecule has 1 heterocycles. The van der Waals surface area contributed by atoms with Gasteiger partial charge in [0.05, 0.1) is 18.6 Å². The molecule has 5 nitrogen and oxygen atoms in total. The normalized spacial score (nSPS) is 34.2. The maximum Gasteiger partial charge on any atom is 0.314 e. The molecule has 18 heavy (non-hydrogen) atoms. The number of carboxylic acid groups (broad SMARTS) is 1. The molecule has 0 aromatic heterocycles. The monoisotopic (exact) mass is 252 g/mol. The zero-order valence-electron chi connectivity index (χ0n) is 10.1. The number of hydrogen-bond acceptors (Lipinski definition) is 4. The predicted molar refractivity (Wildman–Crippen MR) is 60.9 cm³/mol. The van der Waals surface area contributed by atoms with Gasteiger partial charge in [-0.25, -0.2) is 0 Å². The lowest BCUT2D eigenvalue weighted by atomic mass is 9.63. The lowest BCUT2D eigenvalue weighted by molar-refractivity contribution is -0.201. The maximum absolute atomic E-state index is 11.7. The second kappa shape index (κ2) is 3.90. The van der Waals surface area contributed by atoms with Crippen molar-refractivity contribution in [1.29, 1.82) is 0 Å². The van der Waals surface area contributed by atoms with E-state index >= 15 is 0 Å². The molecule has 1 atom stereocenters. The van der Waals surface area contributed by atoms with Gasteiger partial charge in [-0.3, -0.25) is 9.59 Å². The first-order valence-corrected chi connectivity index (χ1v) is 6.32. The highest BCUT2D eigenvalue weighted by Gasteiger charge is 2.55. The van der Waals surface area contributed by atoms with Crippen LogP contribution in [0.1, 0.15) is 32.1 Å². The number of hydrogen-bond donors (Lipinski definition) is 1. The van der Waals surface area contributed by atoms with E-state index in [1.54, 1.807) is 0 Å². The highest BCUT2D eigenvalue weighted by atomic mass is 16.7. The molecule has 1 saturated carbocycles. The lowest BCUT2D eigenvalue weighted by Crippen LogP contribution is -2.49. The highest BCUT2D eigenvalue weighted by Crippen LogP contribution is 2.52. The molecule has 1 saturated heterocycles. The lowest BCUT2D eigenvalue weighted by Gasteiger charge is -2.45. The van der Waals surface area contributed by atoms with Crippen LogP contribution in [0.2, 0.25) is 0 Å². The summed E-state index contributed by atoms with van der Waals surface area (Å²) in [6.07, 6.45) is 3.72. The summed E-state index contributed by atoms with van der Waals surface area (Å²) in [7, 11) is 0. The Labute approximate surface area is 105 Å². The third-order valence-electron chi connectivity index (χ3n) is 4.32. The quantitative estimate of drug-likeness (QED) is 0.761. The molecule has 2 aliphatic carbocycles. The summed E-state index contributed by atoms with van der Waals surface area (Å²) < 4.78 is 11.3. The molecule has 3 rings (SSSR count). The molecule has 0 radical (unpaired) electrons. The topological polar surface area (TPSA) is 72.8 Å². The molecule has 0 bridgehead atoms. The zero-order chi connectivity index (χ0) is 12.8. The maximum atomic E-state index is 11.7. The molecule has 3 aliphatic rings. The van der Waals surface area contributed by atoms with E-state index in [0.717, 1.165) is 5.57 Å². The first-order chi connectivity index (χ1) is 8.56. The van der Waals surface area contributed by atoms with E-state index < -0.39 is 17.2 Å². The minimum atomic E-state index is -0.962. The number of ether oxygens (including phenoxy) is 2. The Morgan fingerprint density at radius 2 is 1.94 bits per heavy atom. The predicted octanol–water partition coefficient (Wildman–Crippen LogP) is 1.27. The highest BCUT2D eigenvalue weighted by molar-refractivity contribution is 5.95. The van der Waals surface area contributed by atoms with E-state index in [1.165, 1.54) is 6.08 Å². The van der Waals surface area contributed by atoms with Crippen LogP contribution in [0.25, 0.3) is 0 Å². The van der Waals surface area contributed by atoms with Gasteiger partial charge in [-0.05, 0) is 24.5 Å². The third-order valence-corrected chi connectivity index (χ3v) is 4.32. The van der Waals surface area contributed by atoms with Crippen molar-refractivity contribution in [2.24, 2.45) is 5.41 Å². The Morgan fingerprint density at radius 1 is 1.22 bits per heavy atom. The summed E-state index contributed by atoms with van der Waals surface area (Å²) in [6.45, 7) is 1.04. The van der Waals surface area contributed by atoms with E-state index in [9.17, 15) is 14.7 Å². The summed E-state index contributed by atoms with van der Waals surface area (Å²) >= 11 is 0. The molecular weight excluding hydrogens is 236 g/mol. The van der Waals surface area contributed by atoms with Gasteiger partial charge >= 0.3 is 5.97 Å². The van der Waals surface area contributed by atoms with Crippen molar-refractivity contribution < 1.29 is 24.2 Å². The minimum absolute atomic E-state index is 0.0334. The Morgan fingerprint density at radius 3 is 2.61 bits per heavy atom. The summed E-state index contributed by atoms with van der Waals surface area (Å²) in [4.78, 5) is 23.2. The SMILES string of the molecule is O=C1C=C2CCC3(C[C@@]2(C(=O)O)CC1)OCCO3. The second-order valence-corrected chi connectivity index (χ2v) is 5.31. The number of aliphatic carboxylic acids is 1. The molecule has 2 fully saturated rings. The van der Waals surface area contributed by atoms with Gasteiger partial charge in [0.25, 0.3) is 0 Å². The van der Waals surface area contributed by atoms with Crippen LogP contribution < -0.4 is 0 Å². The Balaban J connectivity index is 1.98. The Hall–Kier alpha value is -1.20. The molecule has 98 valence electrons. The van der Waals surface area contributed by atoms with E-state index in [4.69, 9.17) is 9.47 Å². The third kappa shape index (κ3) is 1.61. The van der Waals surface area contributed by atoms with Crippen molar-refractivity contribution in [2.45, 2.75) is 37.9 Å². The van der Waals surface area contributed by atoms with Crippen LogP contribution in [-0.2, 0) is 19.1 Å². The molecule has 1 aliphatic heterocycles. The van der Waals surface area contributed by atoms with Crippen molar-refractivity contribution >= 4 is 11.8 Å². The van der Waals surface area contributed by atoms with Crippen LogP contribution in [-0.4, -0.2) is 35.9 Å². The summed E-state index contributed by atoms with van der Waals surface area (Å²) in [6, 6.07) is 0. The van der Waals surface area contributed by atoms with Crippen molar-refractivity contribution in [3.63, 3.8) is 0 Å². The molecule has 0 aromatic carbocycles. The fourth-order valence-electron chi connectivity index (χ4n) is 3.35. The number of fused-ring (bicyclic) bond motifs is 1. The van der Waals surface area contributed by atoms with Crippen molar-refractivity contribution in [1.82, 2.24) is 0 Å². The zero-order valence-corrected chi connectivity index (χ0v) is 10.1. The molecular formula is C13H16O5. The molecule has 0 unspecified atom stereocenters.